The largest absolute Gasteiger partial charge is 0.376 e. The molecule has 0 aromatic carbocycles. The zero-order valence-electron chi connectivity index (χ0n) is 14.3. The minimum atomic E-state index is -0.484. The van der Waals surface area contributed by atoms with E-state index in [2.05, 4.69) is 0 Å². The Morgan fingerprint density at radius 1 is 0.826 bits per heavy atom. The van der Waals surface area contributed by atoms with Crippen molar-refractivity contribution in [2.45, 2.75) is 80.7 Å². The van der Waals surface area contributed by atoms with Gasteiger partial charge >= 0.3 is 0 Å². The third kappa shape index (κ3) is 3.55. The van der Waals surface area contributed by atoms with Gasteiger partial charge in [-0.05, 0) is 25.2 Å². The molecule has 0 N–H and O–H groups in total. The molecule has 1 saturated carbocycles. The summed E-state index contributed by atoms with van der Waals surface area (Å²) in [5, 5.41) is -0.0891. The minimum absolute atomic E-state index is 0.0891. The lowest BCUT2D eigenvalue weighted by molar-refractivity contribution is -0.323. The molecule has 2 aliphatic heterocycles. The van der Waals surface area contributed by atoms with E-state index in [1.165, 1.54) is 32.1 Å². The fraction of sp³-hybridized carbons (Fsp3) is 1.00. The van der Waals surface area contributed by atoms with E-state index < -0.39 is 6.29 Å². The van der Waals surface area contributed by atoms with Gasteiger partial charge in [-0.2, -0.15) is 0 Å². The number of hydrogen-bond donors (Lipinski definition) is 0. The van der Waals surface area contributed by atoms with E-state index in [4.69, 9.17) is 35.3 Å². The maximum atomic E-state index is 6.68. The van der Waals surface area contributed by atoms with Gasteiger partial charge in [-0.25, -0.2) is 0 Å². The zero-order chi connectivity index (χ0) is 16.4. The van der Waals surface area contributed by atoms with Crippen LogP contribution in [0.3, 0.4) is 0 Å². The first kappa shape index (κ1) is 17.9. The predicted molar refractivity (Wildman–Crippen MR) is 86.8 cm³/mol. The number of methoxy groups -OCH3 is 3. The summed E-state index contributed by atoms with van der Waals surface area (Å²) in [6.45, 7) is 0. The Balaban J connectivity index is 1.76. The summed E-state index contributed by atoms with van der Waals surface area (Å²) >= 11 is 6.68. The molecule has 2 heterocycles. The highest BCUT2D eigenvalue weighted by molar-refractivity contribution is 6.21. The summed E-state index contributed by atoms with van der Waals surface area (Å²) in [5.74, 6) is 0.601. The standard InChI is InChI=1S/C17H29ClO5/c1-19-14-15-13(23-17(21-3)16(14)20-2)11(18)9-12(22-15)10-7-5-4-6-8-10/h10-17H,4-9H2,1-3H3/t11-,12-,13+,14-,15+,16+,17-/m0/s1. The van der Waals surface area contributed by atoms with E-state index >= 15 is 0 Å². The summed E-state index contributed by atoms with van der Waals surface area (Å²) < 4.78 is 29.2. The number of alkyl halides is 1. The van der Waals surface area contributed by atoms with Crippen molar-refractivity contribution in [3.05, 3.63) is 0 Å². The topological polar surface area (TPSA) is 46.2 Å². The van der Waals surface area contributed by atoms with Gasteiger partial charge in [0.2, 0.25) is 0 Å². The molecular weight excluding hydrogens is 320 g/mol. The van der Waals surface area contributed by atoms with Gasteiger partial charge in [0.15, 0.2) is 6.29 Å². The van der Waals surface area contributed by atoms with Crippen LogP contribution in [0.4, 0.5) is 0 Å². The fourth-order valence-electron chi connectivity index (χ4n) is 4.41. The molecule has 0 bridgehead atoms. The first-order valence-corrected chi connectivity index (χ1v) is 9.16. The molecule has 134 valence electrons. The lowest BCUT2D eigenvalue weighted by Crippen LogP contribution is -2.65. The number of rotatable bonds is 4. The van der Waals surface area contributed by atoms with E-state index in [0.717, 1.165) is 6.42 Å². The number of ether oxygens (including phenoxy) is 5. The maximum absolute atomic E-state index is 6.68. The van der Waals surface area contributed by atoms with Crippen LogP contribution in [0, 0.1) is 5.92 Å². The SMILES string of the molecule is CO[C@H]1O[C@H]2[C@@H](O[C@H](C3CCCCC3)C[C@@H]2Cl)[C@H](OC)[C@H]1OC. The Bertz CT molecular complexity index is 376. The second-order valence-corrected chi connectivity index (χ2v) is 7.45. The molecule has 0 unspecified atom stereocenters. The molecule has 0 spiro atoms. The molecule has 0 aromatic rings. The van der Waals surface area contributed by atoms with Crippen molar-refractivity contribution in [2.24, 2.45) is 5.92 Å². The summed E-state index contributed by atoms with van der Waals surface area (Å²) in [4.78, 5) is 0. The average molecular weight is 349 g/mol. The van der Waals surface area contributed by atoms with Crippen molar-refractivity contribution in [2.75, 3.05) is 21.3 Å². The molecule has 1 aliphatic carbocycles. The summed E-state index contributed by atoms with van der Waals surface area (Å²) in [5.41, 5.74) is 0. The summed E-state index contributed by atoms with van der Waals surface area (Å²) in [6.07, 6.45) is 5.94. The molecule has 0 aromatic heterocycles. The summed E-state index contributed by atoms with van der Waals surface area (Å²) in [7, 11) is 4.94. The molecule has 0 radical (unpaired) electrons. The Morgan fingerprint density at radius 3 is 2.13 bits per heavy atom. The normalized spacial score (nSPS) is 45.7. The highest BCUT2D eigenvalue weighted by Crippen LogP contribution is 2.41. The van der Waals surface area contributed by atoms with E-state index in [0.29, 0.717) is 5.92 Å². The molecule has 3 fully saturated rings. The van der Waals surface area contributed by atoms with Crippen LogP contribution in [0.25, 0.3) is 0 Å². The fourth-order valence-corrected chi connectivity index (χ4v) is 4.79. The van der Waals surface area contributed by atoms with Crippen LogP contribution < -0.4 is 0 Å². The van der Waals surface area contributed by atoms with Gasteiger partial charge in [0.05, 0.1) is 11.5 Å². The molecule has 2 saturated heterocycles. The number of halogens is 1. The predicted octanol–water partition coefficient (Wildman–Crippen LogP) is 2.73. The van der Waals surface area contributed by atoms with Gasteiger partial charge < -0.3 is 23.7 Å². The van der Waals surface area contributed by atoms with Crippen LogP contribution in [-0.4, -0.2) is 63.5 Å². The van der Waals surface area contributed by atoms with Crippen molar-refractivity contribution < 1.29 is 23.7 Å². The van der Waals surface area contributed by atoms with E-state index in [-0.39, 0.29) is 35.9 Å². The maximum Gasteiger partial charge on any atom is 0.186 e. The van der Waals surface area contributed by atoms with Gasteiger partial charge in [-0.3, -0.25) is 0 Å². The van der Waals surface area contributed by atoms with Crippen LogP contribution in [0.1, 0.15) is 38.5 Å². The Kier molecular flexibility index (Phi) is 6.21. The van der Waals surface area contributed by atoms with Crippen LogP contribution in [-0.2, 0) is 23.7 Å². The Labute approximate surface area is 143 Å². The third-order valence-corrected chi connectivity index (χ3v) is 6.06. The zero-order valence-corrected chi connectivity index (χ0v) is 15.0. The second-order valence-electron chi connectivity index (χ2n) is 6.89. The highest BCUT2D eigenvalue weighted by Gasteiger charge is 2.53. The van der Waals surface area contributed by atoms with Gasteiger partial charge in [-0.1, -0.05) is 19.3 Å². The number of hydrogen-bond acceptors (Lipinski definition) is 5. The van der Waals surface area contributed by atoms with Gasteiger partial charge in [0.25, 0.3) is 0 Å². The van der Waals surface area contributed by atoms with Crippen molar-refractivity contribution in [1.29, 1.82) is 0 Å². The van der Waals surface area contributed by atoms with Gasteiger partial charge in [0.1, 0.15) is 24.4 Å². The molecule has 23 heavy (non-hydrogen) atoms. The Morgan fingerprint density at radius 2 is 1.52 bits per heavy atom. The van der Waals surface area contributed by atoms with Crippen LogP contribution in [0.15, 0.2) is 0 Å². The first-order chi connectivity index (χ1) is 11.2. The number of fused-ring (bicyclic) bond motifs is 1. The molecule has 7 atom stereocenters. The van der Waals surface area contributed by atoms with Gasteiger partial charge in [0, 0.05) is 21.3 Å². The van der Waals surface area contributed by atoms with Crippen molar-refractivity contribution in [3.8, 4) is 0 Å². The van der Waals surface area contributed by atoms with Crippen molar-refractivity contribution in [3.63, 3.8) is 0 Å². The monoisotopic (exact) mass is 348 g/mol. The lowest BCUT2D eigenvalue weighted by Gasteiger charge is -2.51. The summed E-state index contributed by atoms with van der Waals surface area (Å²) in [6, 6.07) is 0. The molecule has 6 heteroatoms. The van der Waals surface area contributed by atoms with Crippen LogP contribution >= 0.6 is 11.6 Å². The van der Waals surface area contributed by atoms with Crippen LogP contribution in [0.2, 0.25) is 0 Å². The van der Waals surface area contributed by atoms with Gasteiger partial charge in [-0.15, -0.1) is 11.6 Å². The molecule has 0 amide bonds. The molecule has 5 nitrogen and oxygen atoms in total. The first-order valence-electron chi connectivity index (χ1n) is 8.73. The average Bonchev–Trinajstić information content (AvgIpc) is 2.60. The minimum Gasteiger partial charge on any atom is -0.376 e. The molecular formula is C17H29ClO5. The van der Waals surface area contributed by atoms with Crippen LogP contribution in [0.5, 0.6) is 0 Å². The smallest absolute Gasteiger partial charge is 0.186 e. The quantitative estimate of drug-likeness (QED) is 0.731. The lowest BCUT2D eigenvalue weighted by atomic mass is 9.80. The Hall–Kier alpha value is 0.0900. The van der Waals surface area contributed by atoms with E-state index in [1.54, 1.807) is 21.3 Å². The second kappa shape index (κ2) is 7.98. The van der Waals surface area contributed by atoms with E-state index in [1.807, 2.05) is 0 Å². The highest BCUT2D eigenvalue weighted by atomic mass is 35.5. The molecule has 3 rings (SSSR count). The van der Waals surface area contributed by atoms with Crippen molar-refractivity contribution in [1.82, 2.24) is 0 Å². The molecule has 3 aliphatic rings. The van der Waals surface area contributed by atoms with E-state index in [9.17, 15) is 0 Å². The third-order valence-electron chi connectivity index (χ3n) is 5.63. The van der Waals surface area contributed by atoms with Crippen molar-refractivity contribution >= 4 is 11.6 Å².